The summed E-state index contributed by atoms with van der Waals surface area (Å²) in [6, 6.07) is 4.85. The smallest absolute Gasteiger partial charge is 0.335 e. The van der Waals surface area contributed by atoms with Crippen molar-refractivity contribution in [3.05, 3.63) is 41.4 Å². The van der Waals surface area contributed by atoms with E-state index < -0.39 is 16.0 Å². The Bertz CT molecular complexity index is 536. The second-order valence-electron chi connectivity index (χ2n) is 3.17. The van der Waals surface area contributed by atoms with Crippen molar-refractivity contribution in [1.82, 2.24) is 4.72 Å². The molecule has 0 aliphatic heterocycles. The minimum atomic E-state index is -3.69. The molecule has 0 radical (unpaired) electrons. The van der Waals surface area contributed by atoms with Crippen molar-refractivity contribution in [3.8, 4) is 0 Å². The standard InChI is InChI=1S/C10H10ClNO4S/c1-7(11)6-12-17(15,16)9-4-2-8(3-5-9)10(13)14/h2-5,12H,1,6H2,(H,13,14). The summed E-state index contributed by atoms with van der Waals surface area (Å²) in [6.07, 6.45) is 0. The summed E-state index contributed by atoms with van der Waals surface area (Å²) in [7, 11) is -3.69. The number of nitrogens with one attached hydrogen (secondary N) is 1. The van der Waals surface area contributed by atoms with E-state index in [0.717, 1.165) is 0 Å². The number of halogens is 1. The third-order valence-corrected chi connectivity index (χ3v) is 3.42. The lowest BCUT2D eigenvalue weighted by atomic mass is 10.2. The molecule has 92 valence electrons. The molecule has 0 bridgehead atoms. The molecule has 1 aromatic rings. The fourth-order valence-electron chi connectivity index (χ4n) is 1.03. The van der Waals surface area contributed by atoms with E-state index in [9.17, 15) is 13.2 Å². The number of carboxylic acids is 1. The van der Waals surface area contributed by atoms with Crippen LogP contribution < -0.4 is 4.72 Å². The summed E-state index contributed by atoms with van der Waals surface area (Å²) < 4.78 is 25.5. The number of hydrogen-bond donors (Lipinski definition) is 2. The molecule has 0 aliphatic rings. The minimum absolute atomic E-state index is 0.0192. The molecule has 7 heteroatoms. The van der Waals surface area contributed by atoms with E-state index >= 15 is 0 Å². The van der Waals surface area contributed by atoms with Gasteiger partial charge in [0.05, 0.1) is 10.5 Å². The van der Waals surface area contributed by atoms with E-state index in [2.05, 4.69) is 11.3 Å². The third kappa shape index (κ3) is 3.85. The van der Waals surface area contributed by atoms with Crippen molar-refractivity contribution in [2.45, 2.75) is 4.90 Å². The van der Waals surface area contributed by atoms with Gasteiger partial charge >= 0.3 is 5.97 Å². The van der Waals surface area contributed by atoms with Crippen LogP contribution in [0.5, 0.6) is 0 Å². The average molecular weight is 276 g/mol. The van der Waals surface area contributed by atoms with Crippen LogP contribution in [-0.2, 0) is 10.0 Å². The van der Waals surface area contributed by atoms with Crippen molar-refractivity contribution in [2.75, 3.05) is 6.54 Å². The van der Waals surface area contributed by atoms with Gasteiger partial charge in [0, 0.05) is 11.6 Å². The Morgan fingerprint density at radius 2 is 1.88 bits per heavy atom. The molecule has 5 nitrogen and oxygen atoms in total. The molecule has 2 N–H and O–H groups in total. The van der Waals surface area contributed by atoms with E-state index in [-0.39, 0.29) is 22.0 Å². The number of carbonyl (C=O) groups is 1. The number of carboxylic acid groups (broad SMARTS) is 1. The second-order valence-corrected chi connectivity index (χ2v) is 5.47. The third-order valence-electron chi connectivity index (χ3n) is 1.87. The molecule has 0 heterocycles. The van der Waals surface area contributed by atoms with Crippen LogP contribution in [0.4, 0.5) is 0 Å². The first-order chi connectivity index (χ1) is 7.83. The van der Waals surface area contributed by atoms with E-state index in [0.29, 0.717) is 0 Å². The van der Waals surface area contributed by atoms with Gasteiger partial charge in [0.15, 0.2) is 0 Å². The second kappa shape index (κ2) is 5.31. The first-order valence-electron chi connectivity index (χ1n) is 4.49. The molecule has 0 amide bonds. The van der Waals surface area contributed by atoms with Gasteiger partial charge in [0.1, 0.15) is 0 Å². The quantitative estimate of drug-likeness (QED) is 0.851. The van der Waals surface area contributed by atoms with Gasteiger partial charge in [-0.3, -0.25) is 0 Å². The van der Waals surface area contributed by atoms with E-state index in [1.54, 1.807) is 0 Å². The lowest BCUT2D eigenvalue weighted by Crippen LogP contribution is -2.24. The van der Waals surface area contributed by atoms with Gasteiger partial charge in [-0.05, 0) is 24.3 Å². The number of sulfonamides is 1. The lowest BCUT2D eigenvalue weighted by Gasteiger charge is -2.05. The molecule has 0 fully saturated rings. The summed E-state index contributed by atoms with van der Waals surface area (Å²) in [5.74, 6) is -1.11. The van der Waals surface area contributed by atoms with Gasteiger partial charge in [0.25, 0.3) is 0 Å². The van der Waals surface area contributed by atoms with Gasteiger partial charge in [-0.15, -0.1) is 0 Å². The zero-order valence-electron chi connectivity index (χ0n) is 8.68. The van der Waals surface area contributed by atoms with Crippen molar-refractivity contribution in [3.63, 3.8) is 0 Å². The zero-order valence-corrected chi connectivity index (χ0v) is 10.3. The Hall–Kier alpha value is -1.37. The maximum atomic E-state index is 11.7. The van der Waals surface area contributed by atoms with E-state index in [1.165, 1.54) is 24.3 Å². The van der Waals surface area contributed by atoms with Crippen molar-refractivity contribution >= 4 is 27.6 Å². The van der Waals surface area contributed by atoms with Crippen LogP contribution in [0.2, 0.25) is 0 Å². The molecular formula is C10H10ClNO4S. The maximum Gasteiger partial charge on any atom is 0.335 e. The van der Waals surface area contributed by atoms with Crippen LogP contribution in [0.1, 0.15) is 10.4 Å². The molecule has 0 atom stereocenters. The van der Waals surface area contributed by atoms with Crippen LogP contribution in [0, 0.1) is 0 Å². The molecule has 0 aliphatic carbocycles. The lowest BCUT2D eigenvalue weighted by molar-refractivity contribution is 0.0697. The molecular weight excluding hydrogens is 266 g/mol. The van der Waals surface area contributed by atoms with Crippen molar-refractivity contribution in [2.24, 2.45) is 0 Å². The highest BCUT2D eigenvalue weighted by Gasteiger charge is 2.14. The molecule has 0 aromatic heterocycles. The monoisotopic (exact) mass is 275 g/mol. The highest BCUT2D eigenvalue weighted by molar-refractivity contribution is 7.89. The molecule has 1 rings (SSSR count). The number of hydrogen-bond acceptors (Lipinski definition) is 3. The van der Waals surface area contributed by atoms with Crippen LogP contribution in [0.15, 0.2) is 40.8 Å². The fourth-order valence-corrected chi connectivity index (χ4v) is 2.20. The average Bonchev–Trinajstić information content (AvgIpc) is 2.27. The van der Waals surface area contributed by atoms with E-state index in [4.69, 9.17) is 16.7 Å². The Morgan fingerprint density at radius 3 is 2.29 bits per heavy atom. The van der Waals surface area contributed by atoms with Crippen LogP contribution in [0.25, 0.3) is 0 Å². The van der Waals surface area contributed by atoms with Crippen LogP contribution >= 0.6 is 11.6 Å². The maximum absolute atomic E-state index is 11.7. The molecule has 0 spiro atoms. The van der Waals surface area contributed by atoms with Gasteiger partial charge in [0.2, 0.25) is 10.0 Å². The normalized spacial score (nSPS) is 11.1. The predicted molar refractivity (Wildman–Crippen MR) is 63.6 cm³/mol. The molecule has 0 unspecified atom stereocenters. The summed E-state index contributed by atoms with van der Waals surface area (Å²) in [5, 5.41) is 8.82. The van der Waals surface area contributed by atoms with Crippen LogP contribution in [0.3, 0.4) is 0 Å². The first kappa shape index (κ1) is 13.7. The van der Waals surface area contributed by atoms with Gasteiger partial charge in [-0.25, -0.2) is 17.9 Å². The Kier molecular flexibility index (Phi) is 4.28. The molecule has 1 aromatic carbocycles. The highest BCUT2D eigenvalue weighted by atomic mass is 35.5. The summed E-state index contributed by atoms with van der Waals surface area (Å²) in [5.41, 5.74) is 0.0192. The fraction of sp³-hybridized carbons (Fsp3) is 0.100. The van der Waals surface area contributed by atoms with Crippen molar-refractivity contribution in [1.29, 1.82) is 0 Å². The number of rotatable bonds is 5. The molecule has 17 heavy (non-hydrogen) atoms. The Labute approximate surface area is 104 Å². The largest absolute Gasteiger partial charge is 0.478 e. The first-order valence-corrected chi connectivity index (χ1v) is 6.35. The topological polar surface area (TPSA) is 83.5 Å². The summed E-state index contributed by atoms with van der Waals surface area (Å²) in [4.78, 5) is 10.6. The molecule has 0 saturated heterocycles. The summed E-state index contributed by atoms with van der Waals surface area (Å²) in [6.45, 7) is 3.27. The predicted octanol–water partition coefficient (Wildman–Crippen LogP) is 1.42. The van der Waals surface area contributed by atoms with Crippen LogP contribution in [-0.4, -0.2) is 26.0 Å². The number of benzene rings is 1. The number of aromatic carboxylic acids is 1. The van der Waals surface area contributed by atoms with E-state index in [1.807, 2.05) is 0 Å². The van der Waals surface area contributed by atoms with Gasteiger partial charge in [-0.1, -0.05) is 18.2 Å². The minimum Gasteiger partial charge on any atom is -0.478 e. The van der Waals surface area contributed by atoms with Crippen molar-refractivity contribution < 1.29 is 18.3 Å². The Balaban J connectivity index is 2.92. The van der Waals surface area contributed by atoms with Gasteiger partial charge in [-0.2, -0.15) is 0 Å². The SMILES string of the molecule is C=C(Cl)CNS(=O)(=O)c1ccc(C(=O)O)cc1. The highest BCUT2D eigenvalue weighted by Crippen LogP contribution is 2.11. The molecule has 0 saturated carbocycles. The summed E-state index contributed by atoms with van der Waals surface area (Å²) >= 11 is 5.44. The zero-order chi connectivity index (χ0) is 13.1. The van der Waals surface area contributed by atoms with Gasteiger partial charge < -0.3 is 5.11 Å². The Morgan fingerprint density at radius 1 is 1.35 bits per heavy atom.